The molecule has 0 spiro atoms. The van der Waals surface area contributed by atoms with Gasteiger partial charge in [0.15, 0.2) is 5.82 Å². The lowest BCUT2D eigenvalue weighted by Crippen LogP contribution is -2.66. The molecule has 0 aliphatic heterocycles. The minimum Gasteiger partial charge on any atom is -0.400 e. The van der Waals surface area contributed by atoms with Crippen molar-refractivity contribution in [2.75, 3.05) is 0 Å². The molecule has 0 unspecified atom stereocenters. The zero-order chi connectivity index (χ0) is 24.2. The van der Waals surface area contributed by atoms with E-state index in [0.717, 1.165) is 37.3 Å². The molecule has 0 radical (unpaired) electrons. The highest BCUT2D eigenvalue weighted by molar-refractivity contribution is 6.99. The van der Waals surface area contributed by atoms with Gasteiger partial charge in [0.25, 0.3) is 8.32 Å². The molecule has 0 N–H and O–H groups in total. The van der Waals surface area contributed by atoms with Crippen LogP contribution < -0.4 is 10.4 Å². The van der Waals surface area contributed by atoms with Crippen LogP contribution in [0.2, 0.25) is 5.04 Å². The van der Waals surface area contributed by atoms with Crippen molar-refractivity contribution in [3.8, 4) is 0 Å². The van der Waals surface area contributed by atoms with E-state index in [9.17, 15) is 0 Å². The summed E-state index contributed by atoms with van der Waals surface area (Å²) in [5, 5.41) is 15.4. The monoisotopic (exact) mass is 474 g/mol. The van der Waals surface area contributed by atoms with Crippen molar-refractivity contribution in [1.29, 1.82) is 0 Å². The molecule has 4 rings (SSSR count). The molecule has 0 bridgehead atoms. The Labute approximate surface area is 202 Å². The Kier molecular flexibility index (Phi) is 7.21. The summed E-state index contributed by atoms with van der Waals surface area (Å²) in [4.78, 5) is 2.97. The molecule has 1 aromatic heterocycles. The average molecular weight is 475 g/mol. The molecule has 178 valence electrons. The molecule has 34 heavy (non-hydrogen) atoms. The van der Waals surface area contributed by atoms with Crippen LogP contribution in [-0.2, 0) is 18.1 Å². The van der Waals surface area contributed by atoms with Crippen LogP contribution in [0.3, 0.4) is 0 Å². The van der Waals surface area contributed by atoms with E-state index < -0.39 is 8.32 Å². The van der Waals surface area contributed by atoms with Gasteiger partial charge in [-0.1, -0.05) is 86.5 Å². The molecule has 0 atom stereocenters. The first-order chi connectivity index (χ1) is 16.4. The zero-order valence-corrected chi connectivity index (χ0v) is 21.6. The number of aromatic nitrogens is 3. The first kappa shape index (κ1) is 24.2. The first-order valence-corrected chi connectivity index (χ1v) is 13.9. The summed E-state index contributed by atoms with van der Waals surface area (Å²) in [7, 11) is -0.591. The van der Waals surface area contributed by atoms with Gasteiger partial charge in [-0.2, -0.15) is 0 Å². The summed E-state index contributed by atoms with van der Waals surface area (Å²) < 4.78 is 9.15. The predicted molar refractivity (Wildman–Crippen MR) is 138 cm³/mol. The Morgan fingerprint density at radius 3 is 2.03 bits per heavy atom. The van der Waals surface area contributed by atoms with Gasteiger partial charge in [0.1, 0.15) is 5.82 Å². The van der Waals surface area contributed by atoms with Crippen LogP contribution in [0.5, 0.6) is 0 Å². The van der Waals surface area contributed by atoms with E-state index in [2.05, 4.69) is 106 Å². The Bertz CT molecular complexity index is 1090. The predicted octanol–water partition coefficient (Wildman–Crippen LogP) is 5.23. The van der Waals surface area contributed by atoms with Crippen molar-refractivity contribution in [3.63, 3.8) is 0 Å². The minimum atomic E-state index is -2.63. The van der Waals surface area contributed by atoms with Crippen molar-refractivity contribution in [2.24, 2.45) is 12.2 Å². The third kappa shape index (κ3) is 4.66. The number of azide groups is 1. The van der Waals surface area contributed by atoms with E-state index in [4.69, 9.17) is 9.96 Å². The third-order valence-corrected chi connectivity index (χ3v) is 12.1. The fourth-order valence-electron chi connectivity index (χ4n) is 5.31. The van der Waals surface area contributed by atoms with E-state index in [1.54, 1.807) is 0 Å². The largest absolute Gasteiger partial charge is 0.400 e. The van der Waals surface area contributed by atoms with E-state index in [1.165, 1.54) is 10.4 Å². The van der Waals surface area contributed by atoms with Gasteiger partial charge < -0.3 is 8.99 Å². The maximum Gasteiger partial charge on any atom is 0.261 e. The Balaban J connectivity index is 1.63. The highest BCUT2D eigenvalue weighted by Crippen LogP contribution is 2.38. The number of hydrogen-bond acceptors (Lipinski definition) is 4. The summed E-state index contributed by atoms with van der Waals surface area (Å²) in [5.74, 6) is 2.19. The van der Waals surface area contributed by atoms with Crippen LogP contribution in [0, 0.1) is 0 Å². The molecule has 3 aromatic rings. The molecule has 1 aliphatic rings. The van der Waals surface area contributed by atoms with Gasteiger partial charge in [0.2, 0.25) is 0 Å². The molecular weight excluding hydrogens is 440 g/mol. The summed E-state index contributed by atoms with van der Waals surface area (Å²) >= 11 is 0. The van der Waals surface area contributed by atoms with Crippen molar-refractivity contribution < 1.29 is 4.43 Å². The van der Waals surface area contributed by atoms with Gasteiger partial charge >= 0.3 is 0 Å². The number of nitrogens with zero attached hydrogens (tertiary/aromatic N) is 6. The average Bonchev–Trinajstić information content (AvgIpc) is 3.21. The lowest BCUT2D eigenvalue weighted by molar-refractivity contribution is 0.271. The van der Waals surface area contributed by atoms with E-state index in [0.29, 0.717) is 12.5 Å². The van der Waals surface area contributed by atoms with Crippen molar-refractivity contribution >= 4 is 18.7 Å². The minimum absolute atomic E-state index is 0.0865. The lowest BCUT2D eigenvalue weighted by Gasteiger charge is -2.42. The van der Waals surface area contributed by atoms with Crippen molar-refractivity contribution in [3.05, 3.63) is 82.8 Å². The molecule has 1 fully saturated rings. The van der Waals surface area contributed by atoms with Gasteiger partial charge in [-0.25, -0.2) is 0 Å². The molecule has 8 heteroatoms. The topological polar surface area (TPSA) is 88.7 Å². The van der Waals surface area contributed by atoms with E-state index in [-0.39, 0.29) is 11.1 Å². The number of hydrogen-bond donors (Lipinski definition) is 0. The summed E-state index contributed by atoms with van der Waals surface area (Å²) in [6.45, 7) is 7.25. The Morgan fingerprint density at radius 2 is 1.53 bits per heavy atom. The van der Waals surface area contributed by atoms with Crippen LogP contribution in [-0.4, -0.2) is 29.1 Å². The van der Waals surface area contributed by atoms with Crippen LogP contribution in [0.25, 0.3) is 10.4 Å². The SMILES string of the molecule is Cn1c(CO[Si](c2ccccc2)(c2ccccc2)C(C)(C)C)nnc1[C@H]1CC[C@H](N=[N+]=[N-])CC1. The van der Waals surface area contributed by atoms with Gasteiger partial charge in [0, 0.05) is 23.9 Å². The van der Waals surface area contributed by atoms with Crippen LogP contribution in [0.4, 0.5) is 0 Å². The highest BCUT2D eigenvalue weighted by Gasteiger charge is 2.50. The first-order valence-electron chi connectivity index (χ1n) is 12.0. The third-order valence-electron chi connectivity index (χ3n) is 7.11. The Morgan fingerprint density at radius 1 is 0.971 bits per heavy atom. The highest BCUT2D eigenvalue weighted by atomic mass is 28.4. The molecule has 1 saturated carbocycles. The second kappa shape index (κ2) is 10.1. The molecular formula is C26H34N6OSi. The van der Waals surface area contributed by atoms with Gasteiger partial charge in [-0.15, -0.1) is 10.2 Å². The van der Waals surface area contributed by atoms with Crippen molar-refractivity contribution in [1.82, 2.24) is 14.8 Å². The molecule has 7 nitrogen and oxygen atoms in total. The van der Waals surface area contributed by atoms with Crippen molar-refractivity contribution in [2.45, 2.75) is 70.1 Å². The number of benzene rings is 2. The normalized spacial score (nSPS) is 18.9. The second-order valence-electron chi connectivity index (χ2n) is 10.2. The molecule has 0 saturated heterocycles. The van der Waals surface area contributed by atoms with Crippen LogP contribution in [0.15, 0.2) is 65.8 Å². The standard InChI is InChI=1S/C26H34N6OSi/c1-26(2,3)34(22-11-7-5-8-12-22,23-13-9-6-10-14-23)33-19-24-29-30-25(32(24)4)20-15-17-21(18-16-20)28-31-27/h5-14,20-21H,15-19H2,1-4H3/t20-,21-. The lowest BCUT2D eigenvalue weighted by atomic mass is 9.86. The van der Waals surface area contributed by atoms with Gasteiger partial charge in [-0.3, -0.25) is 0 Å². The zero-order valence-electron chi connectivity index (χ0n) is 20.6. The maximum absolute atomic E-state index is 8.72. The number of rotatable bonds is 7. The fourth-order valence-corrected chi connectivity index (χ4v) is 9.81. The summed E-state index contributed by atoms with van der Waals surface area (Å²) in [5.41, 5.74) is 8.72. The van der Waals surface area contributed by atoms with E-state index >= 15 is 0 Å². The summed E-state index contributed by atoms with van der Waals surface area (Å²) in [6, 6.07) is 21.4. The molecule has 0 amide bonds. The maximum atomic E-state index is 8.72. The van der Waals surface area contributed by atoms with Crippen LogP contribution >= 0.6 is 0 Å². The summed E-state index contributed by atoms with van der Waals surface area (Å²) in [6.07, 6.45) is 3.72. The molecule has 1 aliphatic carbocycles. The van der Waals surface area contributed by atoms with Gasteiger partial charge in [0.05, 0.1) is 6.61 Å². The molecule has 1 heterocycles. The fraction of sp³-hybridized carbons (Fsp3) is 0.462. The second-order valence-corrected chi connectivity index (χ2v) is 14.5. The van der Waals surface area contributed by atoms with E-state index in [1.807, 2.05) is 7.05 Å². The quantitative estimate of drug-likeness (QED) is 0.203. The van der Waals surface area contributed by atoms with Crippen LogP contribution in [0.1, 0.15) is 64.0 Å². The Hall–Kier alpha value is -2.93. The molecule has 2 aromatic carbocycles. The van der Waals surface area contributed by atoms with Gasteiger partial charge in [-0.05, 0) is 46.6 Å². The smallest absolute Gasteiger partial charge is 0.261 e.